The molecular formula is C7H16BNO5P. The van der Waals surface area contributed by atoms with Crippen molar-refractivity contribution in [1.82, 2.24) is 5.00 Å². The minimum atomic E-state index is -1.02. The number of rotatable bonds is 5. The Bertz CT molecular complexity index is 200. The number of ether oxygens (including phenoxy) is 2. The maximum atomic E-state index is 9.68. The van der Waals surface area contributed by atoms with Gasteiger partial charge in [0.05, 0.1) is 6.10 Å². The lowest BCUT2D eigenvalue weighted by Gasteiger charge is -2.21. The summed E-state index contributed by atoms with van der Waals surface area (Å²) < 4.78 is 10.2. The molecule has 1 aliphatic rings. The number of nitrogens with one attached hydrogen (secondary N) is 1. The summed E-state index contributed by atoms with van der Waals surface area (Å²) in [7, 11) is 2.46. The summed E-state index contributed by atoms with van der Waals surface area (Å²) in [5.41, 5.74) is -0.0294. The van der Waals surface area contributed by atoms with Crippen molar-refractivity contribution in [2.45, 2.75) is 37.2 Å². The third kappa shape index (κ3) is 3.11. The molecule has 0 bridgehead atoms. The van der Waals surface area contributed by atoms with Crippen molar-refractivity contribution in [3.05, 3.63) is 0 Å². The van der Waals surface area contributed by atoms with Crippen molar-refractivity contribution < 1.29 is 24.7 Å². The molecule has 6 nitrogen and oxygen atoms in total. The highest BCUT2D eigenvalue weighted by Crippen LogP contribution is 2.30. The average molecular weight is 236 g/mol. The standard InChI is InChI=1S/C7H16BNO5P/c1-3(15-9-8-12)6-4(10)5(11)7(13-2)14-6/h3-7,9-12,15H,1-2H3/t3?,4-,5+,6+,7?/m0/s1. The maximum Gasteiger partial charge on any atom is 0.396 e. The van der Waals surface area contributed by atoms with Gasteiger partial charge in [-0.2, -0.15) is 0 Å². The van der Waals surface area contributed by atoms with Gasteiger partial charge >= 0.3 is 7.62 Å². The minimum Gasteiger partial charge on any atom is -0.440 e. The van der Waals surface area contributed by atoms with Crippen LogP contribution < -0.4 is 5.00 Å². The fraction of sp³-hybridized carbons (Fsp3) is 1.00. The summed E-state index contributed by atoms with van der Waals surface area (Å²) in [5.74, 6) is 0. The molecule has 0 amide bonds. The fourth-order valence-electron chi connectivity index (χ4n) is 1.53. The highest BCUT2D eigenvalue weighted by atomic mass is 31.1. The molecule has 15 heavy (non-hydrogen) atoms. The van der Waals surface area contributed by atoms with E-state index in [1.807, 2.05) is 6.92 Å². The normalized spacial score (nSPS) is 38.7. The molecule has 1 radical (unpaired) electrons. The fourth-order valence-corrected chi connectivity index (χ4v) is 2.31. The van der Waals surface area contributed by atoms with E-state index in [1.54, 1.807) is 0 Å². The predicted molar refractivity (Wildman–Crippen MR) is 56.6 cm³/mol. The van der Waals surface area contributed by atoms with Crippen molar-refractivity contribution in [3.8, 4) is 0 Å². The molecule has 8 heteroatoms. The smallest absolute Gasteiger partial charge is 0.396 e. The number of hydrogen-bond acceptors (Lipinski definition) is 6. The van der Waals surface area contributed by atoms with Crippen LogP contribution in [-0.4, -0.2) is 60.2 Å². The number of methoxy groups -OCH3 is 1. The van der Waals surface area contributed by atoms with E-state index >= 15 is 0 Å². The summed E-state index contributed by atoms with van der Waals surface area (Å²) in [6, 6.07) is 0. The Labute approximate surface area is 91.1 Å². The molecule has 87 valence electrons. The van der Waals surface area contributed by atoms with Gasteiger partial charge in [0.1, 0.15) is 12.2 Å². The molecule has 1 rings (SSSR count). The second-order valence-corrected chi connectivity index (χ2v) is 4.88. The summed E-state index contributed by atoms with van der Waals surface area (Å²) in [6.45, 7) is 1.85. The van der Waals surface area contributed by atoms with Gasteiger partial charge in [0.15, 0.2) is 6.29 Å². The van der Waals surface area contributed by atoms with Crippen LogP contribution in [0.5, 0.6) is 0 Å². The predicted octanol–water partition coefficient (Wildman–Crippen LogP) is -1.82. The molecule has 0 saturated carbocycles. The van der Waals surface area contributed by atoms with Gasteiger partial charge in [-0.3, -0.25) is 0 Å². The zero-order chi connectivity index (χ0) is 11.4. The molecule has 0 aliphatic carbocycles. The molecule has 1 fully saturated rings. The van der Waals surface area contributed by atoms with E-state index in [4.69, 9.17) is 14.5 Å². The van der Waals surface area contributed by atoms with Crippen LogP contribution >= 0.6 is 8.73 Å². The van der Waals surface area contributed by atoms with Crippen LogP contribution in [0.1, 0.15) is 6.92 Å². The van der Waals surface area contributed by atoms with Crippen LogP contribution in [0.4, 0.5) is 0 Å². The van der Waals surface area contributed by atoms with Crippen LogP contribution in [0, 0.1) is 0 Å². The first-order valence-corrected chi connectivity index (χ1v) is 5.71. The lowest BCUT2D eigenvalue weighted by molar-refractivity contribution is -0.148. The van der Waals surface area contributed by atoms with Crippen LogP contribution in [0.2, 0.25) is 0 Å². The quantitative estimate of drug-likeness (QED) is 0.332. The first kappa shape index (κ1) is 13.3. The Balaban J connectivity index is 2.48. The third-order valence-electron chi connectivity index (χ3n) is 2.36. The van der Waals surface area contributed by atoms with Crippen molar-refractivity contribution >= 4 is 16.3 Å². The second-order valence-electron chi connectivity index (χ2n) is 3.39. The number of hydrogen-bond donors (Lipinski definition) is 4. The van der Waals surface area contributed by atoms with Crippen LogP contribution in [0.25, 0.3) is 0 Å². The zero-order valence-corrected chi connectivity index (χ0v) is 9.62. The zero-order valence-electron chi connectivity index (χ0n) is 8.62. The average Bonchev–Trinajstić information content (AvgIpc) is 2.52. The van der Waals surface area contributed by atoms with Crippen molar-refractivity contribution in [2.75, 3.05) is 7.11 Å². The van der Waals surface area contributed by atoms with E-state index < -0.39 is 24.6 Å². The van der Waals surface area contributed by atoms with E-state index in [-0.39, 0.29) is 14.4 Å². The number of aliphatic hydroxyl groups excluding tert-OH is 2. The molecule has 0 aromatic heterocycles. The van der Waals surface area contributed by atoms with Gasteiger partial charge in [-0.1, -0.05) is 15.7 Å². The van der Waals surface area contributed by atoms with Gasteiger partial charge in [-0.15, -0.1) is 0 Å². The van der Waals surface area contributed by atoms with E-state index in [2.05, 4.69) is 5.00 Å². The van der Waals surface area contributed by atoms with E-state index in [0.29, 0.717) is 0 Å². The largest absolute Gasteiger partial charge is 0.440 e. The molecule has 0 aromatic rings. The highest BCUT2D eigenvalue weighted by molar-refractivity contribution is 7.38. The number of aliphatic hydroxyl groups is 2. The molecule has 4 N–H and O–H groups in total. The van der Waals surface area contributed by atoms with Crippen LogP contribution in [0.15, 0.2) is 0 Å². The minimum absolute atomic E-state index is 0.0294. The molecule has 3 unspecified atom stereocenters. The van der Waals surface area contributed by atoms with Crippen molar-refractivity contribution in [1.29, 1.82) is 0 Å². The highest BCUT2D eigenvalue weighted by Gasteiger charge is 2.45. The van der Waals surface area contributed by atoms with Gasteiger partial charge in [-0.25, -0.2) is 0 Å². The maximum absolute atomic E-state index is 9.68. The summed E-state index contributed by atoms with van der Waals surface area (Å²) in [6.07, 6.45) is -3.26. The molecular weight excluding hydrogens is 220 g/mol. The molecule has 0 spiro atoms. The van der Waals surface area contributed by atoms with Gasteiger partial charge in [0.2, 0.25) is 0 Å². The monoisotopic (exact) mass is 236 g/mol. The summed E-state index contributed by atoms with van der Waals surface area (Å²) in [5, 5.41) is 27.7. The second kappa shape index (κ2) is 6.10. The molecule has 6 atom stereocenters. The van der Waals surface area contributed by atoms with E-state index in [9.17, 15) is 10.2 Å². The SMILES string of the molecule is COC1O[C@H](C(C)PN[B]O)[C@@H](O)[C@H]1O. The van der Waals surface area contributed by atoms with Gasteiger partial charge in [-0.05, 0) is 0 Å². The van der Waals surface area contributed by atoms with Crippen LogP contribution in [0.3, 0.4) is 0 Å². The molecule has 0 aromatic carbocycles. The van der Waals surface area contributed by atoms with Gasteiger partial charge in [0.25, 0.3) is 0 Å². The Morgan fingerprint density at radius 3 is 2.60 bits per heavy atom. The molecule has 1 heterocycles. The Morgan fingerprint density at radius 2 is 2.13 bits per heavy atom. The lowest BCUT2D eigenvalue weighted by atomic mass is 10.1. The Morgan fingerprint density at radius 1 is 1.47 bits per heavy atom. The summed E-state index contributed by atoms with van der Waals surface area (Å²) in [4.78, 5) is 2.64. The Kier molecular flexibility index (Phi) is 5.42. The van der Waals surface area contributed by atoms with Gasteiger partial charge in [0, 0.05) is 12.8 Å². The summed E-state index contributed by atoms with van der Waals surface area (Å²) >= 11 is 0. The molecule has 1 saturated heterocycles. The lowest BCUT2D eigenvalue weighted by Crippen LogP contribution is -2.37. The topological polar surface area (TPSA) is 91.2 Å². The first-order chi connectivity index (χ1) is 7.11. The van der Waals surface area contributed by atoms with E-state index in [1.165, 1.54) is 7.11 Å². The van der Waals surface area contributed by atoms with E-state index in [0.717, 1.165) is 7.62 Å². The Hall–Kier alpha value is 0.255. The van der Waals surface area contributed by atoms with Crippen LogP contribution in [-0.2, 0) is 9.47 Å². The van der Waals surface area contributed by atoms with Crippen molar-refractivity contribution in [2.24, 2.45) is 0 Å². The first-order valence-electron chi connectivity index (χ1n) is 4.63. The molecule has 1 aliphatic heterocycles. The van der Waals surface area contributed by atoms with Gasteiger partial charge < -0.3 is 29.7 Å². The third-order valence-corrected chi connectivity index (χ3v) is 3.44. The van der Waals surface area contributed by atoms with Crippen molar-refractivity contribution in [3.63, 3.8) is 0 Å².